The van der Waals surface area contributed by atoms with Crippen LogP contribution in [0.15, 0.2) is 28.2 Å². The summed E-state index contributed by atoms with van der Waals surface area (Å²) in [5, 5.41) is 2.75. The lowest BCUT2D eigenvalue weighted by Crippen LogP contribution is -1.84. The molecule has 14 heavy (non-hydrogen) atoms. The Morgan fingerprint density at radius 2 is 2.21 bits per heavy atom. The zero-order valence-electron chi connectivity index (χ0n) is 6.80. The quantitative estimate of drug-likeness (QED) is 0.761. The molecule has 0 spiro atoms. The van der Waals surface area contributed by atoms with Gasteiger partial charge in [-0.2, -0.15) is 0 Å². The average Bonchev–Trinajstić information content (AvgIpc) is 2.51. The van der Waals surface area contributed by atoms with E-state index in [1.807, 2.05) is 0 Å². The molecule has 72 valence electrons. The molecule has 0 amide bonds. The lowest BCUT2D eigenvalue weighted by atomic mass is 10.2. The van der Waals surface area contributed by atoms with Gasteiger partial charge in [0.2, 0.25) is 0 Å². The summed E-state index contributed by atoms with van der Waals surface area (Å²) >= 11 is 10.4. The summed E-state index contributed by atoms with van der Waals surface area (Å²) in [5.74, 6) is -0.348. The van der Waals surface area contributed by atoms with Crippen LogP contribution in [0.4, 0.5) is 4.39 Å². The second-order valence-electron chi connectivity index (χ2n) is 2.57. The van der Waals surface area contributed by atoms with Gasteiger partial charge in [0, 0.05) is 5.38 Å². The first-order chi connectivity index (χ1) is 6.68. The van der Waals surface area contributed by atoms with Gasteiger partial charge in [-0.25, -0.2) is 9.37 Å². The molecule has 0 aliphatic carbocycles. The Morgan fingerprint density at radius 3 is 2.79 bits per heavy atom. The van der Waals surface area contributed by atoms with Gasteiger partial charge in [0.1, 0.15) is 15.4 Å². The third-order valence-corrected chi connectivity index (χ3v) is 3.54. The summed E-state index contributed by atoms with van der Waals surface area (Å²) in [6, 6.07) is 4.59. The maximum Gasteiger partial charge on any atom is 0.134 e. The van der Waals surface area contributed by atoms with Gasteiger partial charge in [-0.1, -0.05) is 17.7 Å². The van der Waals surface area contributed by atoms with Crippen LogP contribution >= 0.6 is 38.9 Å². The third-order valence-electron chi connectivity index (χ3n) is 1.65. The van der Waals surface area contributed by atoms with Gasteiger partial charge in [-0.15, -0.1) is 11.3 Å². The zero-order valence-corrected chi connectivity index (χ0v) is 9.96. The molecule has 5 heteroatoms. The molecule has 0 atom stereocenters. The zero-order chi connectivity index (χ0) is 10.1. The highest BCUT2D eigenvalue weighted by molar-refractivity contribution is 9.10. The normalized spacial score (nSPS) is 10.5. The molecule has 0 bridgehead atoms. The average molecular weight is 293 g/mol. The fourth-order valence-corrected chi connectivity index (χ4v) is 2.69. The molecule has 0 aliphatic heterocycles. The number of thiazole rings is 1. The fourth-order valence-electron chi connectivity index (χ4n) is 1.07. The maximum absolute atomic E-state index is 13.4. The molecule has 0 saturated heterocycles. The van der Waals surface area contributed by atoms with E-state index in [0.717, 1.165) is 0 Å². The second kappa shape index (κ2) is 3.96. The Kier molecular flexibility index (Phi) is 2.85. The molecule has 2 rings (SSSR count). The van der Waals surface area contributed by atoms with Crippen molar-refractivity contribution < 1.29 is 4.39 Å². The molecule has 0 radical (unpaired) electrons. The minimum Gasteiger partial charge on any atom is -0.229 e. The molecular formula is C9H4BrClFNS. The molecule has 0 unspecified atom stereocenters. The van der Waals surface area contributed by atoms with Crippen LogP contribution in [0.25, 0.3) is 10.6 Å². The van der Waals surface area contributed by atoms with Crippen molar-refractivity contribution in [3.8, 4) is 10.6 Å². The summed E-state index contributed by atoms with van der Waals surface area (Å²) < 4.78 is 14.1. The molecule has 2 aromatic rings. The number of benzene rings is 1. The van der Waals surface area contributed by atoms with Crippen molar-refractivity contribution in [2.75, 3.05) is 0 Å². The highest BCUT2D eigenvalue weighted by atomic mass is 79.9. The van der Waals surface area contributed by atoms with Crippen LogP contribution in [-0.4, -0.2) is 4.98 Å². The molecule has 1 nitrogen and oxygen atoms in total. The minimum atomic E-state index is -0.348. The summed E-state index contributed by atoms with van der Waals surface area (Å²) in [6.07, 6.45) is 0. The summed E-state index contributed by atoms with van der Waals surface area (Å²) in [4.78, 5) is 4.11. The van der Waals surface area contributed by atoms with E-state index in [4.69, 9.17) is 11.6 Å². The van der Waals surface area contributed by atoms with Crippen LogP contribution in [0.2, 0.25) is 5.02 Å². The molecule has 0 fully saturated rings. The number of hydrogen-bond acceptors (Lipinski definition) is 2. The largest absolute Gasteiger partial charge is 0.229 e. The van der Waals surface area contributed by atoms with Crippen molar-refractivity contribution in [3.63, 3.8) is 0 Å². The second-order valence-corrected chi connectivity index (χ2v) is 4.65. The van der Waals surface area contributed by atoms with Crippen LogP contribution in [0.3, 0.4) is 0 Å². The van der Waals surface area contributed by atoms with Gasteiger partial charge in [0.05, 0.1) is 10.6 Å². The van der Waals surface area contributed by atoms with Gasteiger partial charge in [0.25, 0.3) is 0 Å². The Bertz CT molecular complexity index is 451. The lowest BCUT2D eigenvalue weighted by Gasteiger charge is -2.00. The van der Waals surface area contributed by atoms with Crippen LogP contribution in [-0.2, 0) is 0 Å². The number of hydrogen-bond donors (Lipinski definition) is 0. The van der Waals surface area contributed by atoms with Gasteiger partial charge in [-0.3, -0.25) is 0 Å². The summed E-state index contributed by atoms with van der Waals surface area (Å²) in [7, 11) is 0. The minimum absolute atomic E-state index is 0.348. The van der Waals surface area contributed by atoms with Crippen molar-refractivity contribution in [1.29, 1.82) is 0 Å². The monoisotopic (exact) mass is 291 g/mol. The first kappa shape index (κ1) is 10.1. The van der Waals surface area contributed by atoms with Crippen molar-refractivity contribution >= 4 is 38.9 Å². The number of halogens is 3. The Balaban J connectivity index is 2.61. The summed E-state index contributed by atoms with van der Waals surface area (Å²) in [5.41, 5.74) is 0.366. The Hall–Kier alpha value is -0.450. The van der Waals surface area contributed by atoms with E-state index in [0.29, 0.717) is 20.2 Å². The lowest BCUT2D eigenvalue weighted by molar-refractivity contribution is 0.631. The van der Waals surface area contributed by atoms with Crippen molar-refractivity contribution in [2.45, 2.75) is 0 Å². The third kappa shape index (κ3) is 1.82. The van der Waals surface area contributed by atoms with Crippen molar-refractivity contribution in [1.82, 2.24) is 4.98 Å². The highest BCUT2D eigenvalue weighted by Gasteiger charge is 2.12. The van der Waals surface area contributed by atoms with E-state index in [2.05, 4.69) is 20.9 Å². The van der Waals surface area contributed by atoms with Crippen LogP contribution in [0.1, 0.15) is 0 Å². The number of rotatable bonds is 1. The Labute approximate surface area is 97.7 Å². The standard InChI is InChI=1S/C9H4BrClFNS/c10-7-4-14-9(13-7)8-5(11)2-1-3-6(8)12/h1-4H. The molecule has 0 N–H and O–H groups in total. The first-order valence-electron chi connectivity index (χ1n) is 3.74. The van der Waals surface area contributed by atoms with E-state index >= 15 is 0 Å². The van der Waals surface area contributed by atoms with E-state index in [1.54, 1.807) is 17.5 Å². The van der Waals surface area contributed by atoms with Gasteiger partial charge < -0.3 is 0 Å². The van der Waals surface area contributed by atoms with Gasteiger partial charge in [-0.05, 0) is 28.1 Å². The summed E-state index contributed by atoms with van der Waals surface area (Å²) in [6.45, 7) is 0. The smallest absolute Gasteiger partial charge is 0.134 e. The molecule has 1 heterocycles. The van der Waals surface area contributed by atoms with Gasteiger partial charge >= 0.3 is 0 Å². The fraction of sp³-hybridized carbons (Fsp3) is 0. The molecule has 1 aromatic carbocycles. The van der Waals surface area contributed by atoms with E-state index in [1.165, 1.54) is 17.4 Å². The predicted molar refractivity (Wildman–Crippen MR) is 60.2 cm³/mol. The van der Waals surface area contributed by atoms with Crippen LogP contribution in [0, 0.1) is 5.82 Å². The van der Waals surface area contributed by atoms with Gasteiger partial charge in [0.15, 0.2) is 0 Å². The SMILES string of the molecule is Fc1cccc(Cl)c1-c1nc(Br)cs1. The molecule has 0 aliphatic rings. The predicted octanol–water partition coefficient (Wildman–Crippen LogP) is 4.37. The van der Waals surface area contributed by atoms with Crippen molar-refractivity contribution in [3.05, 3.63) is 39.0 Å². The molecule has 1 aromatic heterocycles. The van der Waals surface area contributed by atoms with E-state index in [9.17, 15) is 4.39 Å². The van der Waals surface area contributed by atoms with Crippen LogP contribution in [0.5, 0.6) is 0 Å². The molecule has 0 saturated carbocycles. The molecular weight excluding hydrogens is 289 g/mol. The van der Waals surface area contributed by atoms with E-state index in [-0.39, 0.29) is 5.82 Å². The van der Waals surface area contributed by atoms with E-state index < -0.39 is 0 Å². The maximum atomic E-state index is 13.4. The first-order valence-corrected chi connectivity index (χ1v) is 5.79. The topological polar surface area (TPSA) is 12.9 Å². The number of nitrogens with zero attached hydrogens (tertiary/aromatic N) is 1. The Morgan fingerprint density at radius 1 is 1.43 bits per heavy atom. The number of aromatic nitrogens is 1. The van der Waals surface area contributed by atoms with Crippen molar-refractivity contribution in [2.24, 2.45) is 0 Å². The van der Waals surface area contributed by atoms with Crippen LogP contribution < -0.4 is 0 Å². The highest BCUT2D eigenvalue weighted by Crippen LogP contribution is 2.33.